The van der Waals surface area contributed by atoms with Crippen molar-refractivity contribution in [2.45, 2.75) is 13.8 Å². The summed E-state index contributed by atoms with van der Waals surface area (Å²) < 4.78 is 0. The molecule has 8 heavy (non-hydrogen) atoms. The fourth-order valence-electron chi connectivity index (χ4n) is 0.231. The molecule has 0 heterocycles. The zero-order chi connectivity index (χ0) is 6.73. The molecule has 0 aliphatic heterocycles. The van der Waals surface area contributed by atoms with Crippen molar-refractivity contribution in [3.63, 3.8) is 0 Å². The summed E-state index contributed by atoms with van der Waals surface area (Å²) in [4.78, 5) is 16.8. The summed E-state index contributed by atoms with van der Waals surface area (Å²) in [5.74, 6) is -0.0453. The van der Waals surface area contributed by atoms with Crippen LogP contribution in [0.2, 0.25) is 0 Å². The van der Waals surface area contributed by atoms with Crippen LogP contribution in [-0.4, -0.2) is 15.2 Å². The lowest BCUT2D eigenvalue weighted by Crippen LogP contribution is -2.01. The minimum atomic E-state index is -2.12. The van der Waals surface area contributed by atoms with Crippen LogP contribution in [-0.2, 0) is 0 Å². The van der Waals surface area contributed by atoms with Gasteiger partial charge < -0.3 is 9.79 Å². The van der Waals surface area contributed by atoms with Gasteiger partial charge >= 0.3 is 0 Å². The highest BCUT2D eigenvalue weighted by molar-refractivity contribution is 7.64. The quantitative estimate of drug-likeness (QED) is 0.389. The third-order valence-corrected chi connectivity index (χ3v) is 1.71. The Labute approximate surface area is 49.8 Å². The topological polar surface area (TPSA) is 64.3 Å². The van der Waals surface area contributed by atoms with E-state index in [9.17, 15) is 0 Å². The zero-order valence-electron chi connectivity index (χ0n) is 4.92. The molecule has 4 heteroatoms. The highest BCUT2D eigenvalue weighted by Gasteiger charge is 2.10. The van der Waals surface area contributed by atoms with Gasteiger partial charge in [-0.15, -0.1) is 0 Å². The Kier molecular flexibility index (Phi) is 3.13. The predicted molar refractivity (Wildman–Crippen MR) is 33.9 cm³/mol. The molecule has 0 radical (unpaired) electrons. The molecule has 0 aliphatic rings. The van der Waals surface area contributed by atoms with Gasteiger partial charge in [-0.25, -0.2) is 0 Å². The predicted octanol–water partition coefficient (Wildman–Crippen LogP) is 0.916. The van der Waals surface area contributed by atoms with Crippen molar-refractivity contribution in [1.82, 2.24) is 0 Å². The molecule has 0 rings (SSSR count). The van der Waals surface area contributed by atoms with Crippen molar-refractivity contribution < 1.29 is 9.79 Å². The molecule has 0 aromatic heterocycles. The summed E-state index contributed by atoms with van der Waals surface area (Å²) in [5.41, 5.74) is 0.0278. The molecule has 0 fully saturated rings. The van der Waals surface area contributed by atoms with E-state index in [0.717, 1.165) is 0 Å². The van der Waals surface area contributed by atoms with Crippen LogP contribution in [0.15, 0.2) is 0 Å². The van der Waals surface area contributed by atoms with Crippen molar-refractivity contribution in [3.8, 4) is 0 Å². The van der Waals surface area contributed by atoms with Crippen LogP contribution in [0.25, 0.3) is 0 Å². The molecule has 3 N–H and O–H groups in total. The molecule has 0 saturated carbocycles. The highest BCUT2D eigenvalue weighted by atomic mass is 31.2. The van der Waals surface area contributed by atoms with Crippen LogP contribution < -0.4 is 0 Å². The van der Waals surface area contributed by atoms with E-state index in [2.05, 4.69) is 0 Å². The number of rotatable bonds is 2. The summed E-state index contributed by atoms with van der Waals surface area (Å²) in [7, 11) is -2.12. The molecule has 0 unspecified atom stereocenters. The van der Waals surface area contributed by atoms with Crippen LogP contribution in [0.5, 0.6) is 0 Å². The average Bonchev–Trinajstić information content (AvgIpc) is 1.64. The van der Waals surface area contributed by atoms with Crippen LogP contribution in [0, 0.1) is 11.3 Å². The Bertz CT molecular complexity index is 82.0. The van der Waals surface area contributed by atoms with Crippen molar-refractivity contribution in [3.05, 3.63) is 0 Å². The van der Waals surface area contributed by atoms with Crippen LogP contribution in [0.1, 0.15) is 13.8 Å². The molecule has 3 nitrogen and oxygen atoms in total. The first-order valence-corrected chi connectivity index (χ1v) is 3.56. The van der Waals surface area contributed by atoms with Crippen molar-refractivity contribution >= 4 is 13.8 Å². The highest BCUT2D eigenvalue weighted by Crippen LogP contribution is 2.28. The number of hydrogen-bond donors (Lipinski definition) is 3. The van der Waals surface area contributed by atoms with Crippen molar-refractivity contribution in [2.24, 2.45) is 5.92 Å². The second-order valence-corrected chi connectivity index (χ2v) is 2.89. The molecule has 0 amide bonds. The summed E-state index contributed by atoms with van der Waals surface area (Å²) in [6, 6.07) is 0. The number of hydrogen-bond acceptors (Lipinski definition) is 3. The van der Waals surface area contributed by atoms with E-state index in [-0.39, 0.29) is 11.4 Å². The van der Waals surface area contributed by atoms with Gasteiger partial charge in [0, 0.05) is 0 Å². The molecule has 0 aromatic carbocycles. The van der Waals surface area contributed by atoms with E-state index in [1.165, 1.54) is 0 Å². The molecule has 0 aromatic rings. The molecular weight excluding hydrogens is 125 g/mol. The molecule has 0 aliphatic carbocycles. The Morgan fingerprint density at radius 2 is 1.88 bits per heavy atom. The van der Waals surface area contributed by atoms with Gasteiger partial charge in [0.1, 0.15) is 0 Å². The van der Waals surface area contributed by atoms with E-state index in [0.29, 0.717) is 0 Å². The Morgan fingerprint density at radius 3 is 1.88 bits per heavy atom. The summed E-state index contributed by atoms with van der Waals surface area (Å²) in [6.07, 6.45) is 0. The Morgan fingerprint density at radius 1 is 1.50 bits per heavy atom. The third kappa shape index (κ3) is 2.36. The minimum absolute atomic E-state index is 0.0278. The largest absolute Gasteiger partial charge is 0.346 e. The summed E-state index contributed by atoms with van der Waals surface area (Å²) in [6.45, 7) is 3.51. The first kappa shape index (κ1) is 8.02. The van der Waals surface area contributed by atoms with E-state index < -0.39 is 8.38 Å². The zero-order valence-corrected chi connectivity index (χ0v) is 5.81. The van der Waals surface area contributed by atoms with Gasteiger partial charge in [-0.1, -0.05) is 13.8 Å². The molecular formula is C4H10NO2P. The van der Waals surface area contributed by atoms with Crippen molar-refractivity contribution in [1.29, 1.82) is 5.41 Å². The fourth-order valence-corrected chi connectivity index (χ4v) is 0.693. The van der Waals surface area contributed by atoms with Gasteiger partial charge in [0.15, 0.2) is 0 Å². The van der Waals surface area contributed by atoms with Crippen LogP contribution in [0.4, 0.5) is 0 Å². The van der Waals surface area contributed by atoms with Gasteiger partial charge in [0.05, 0.1) is 5.45 Å². The van der Waals surface area contributed by atoms with E-state index in [1.807, 2.05) is 0 Å². The van der Waals surface area contributed by atoms with Crippen LogP contribution >= 0.6 is 8.38 Å². The molecule has 0 saturated heterocycles. The lowest BCUT2D eigenvalue weighted by Gasteiger charge is -2.05. The first-order chi connectivity index (χ1) is 3.55. The molecule has 48 valence electrons. The minimum Gasteiger partial charge on any atom is -0.346 e. The Balaban J connectivity index is 3.65. The first-order valence-electron chi connectivity index (χ1n) is 2.32. The van der Waals surface area contributed by atoms with E-state index in [1.54, 1.807) is 13.8 Å². The lowest BCUT2D eigenvalue weighted by molar-refractivity contribution is 0.497. The fraction of sp³-hybridized carbons (Fsp3) is 0.750. The van der Waals surface area contributed by atoms with Gasteiger partial charge in [-0.05, 0) is 5.92 Å². The SMILES string of the molecule is CC(C)C(=N)P(O)O. The van der Waals surface area contributed by atoms with Gasteiger partial charge in [0.25, 0.3) is 0 Å². The smallest absolute Gasteiger partial charge is 0.214 e. The van der Waals surface area contributed by atoms with Gasteiger partial charge in [0.2, 0.25) is 8.38 Å². The maximum absolute atomic E-state index is 8.39. The average molecular weight is 135 g/mol. The van der Waals surface area contributed by atoms with Crippen LogP contribution in [0.3, 0.4) is 0 Å². The second-order valence-electron chi connectivity index (χ2n) is 1.83. The maximum atomic E-state index is 8.39. The second kappa shape index (κ2) is 3.13. The van der Waals surface area contributed by atoms with Gasteiger partial charge in [-0.2, -0.15) is 0 Å². The maximum Gasteiger partial charge on any atom is 0.214 e. The summed E-state index contributed by atoms with van der Waals surface area (Å²) in [5, 5.41) is 6.93. The standard InChI is InChI=1S/C4H10NO2P/c1-3(2)4(5)8(6)7/h3,5-7H,1-2H3. The Hall–Kier alpha value is 0.0200. The molecule has 0 atom stereocenters. The molecule has 0 bridgehead atoms. The van der Waals surface area contributed by atoms with Crippen molar-refractivity contribution in [2.75, 3.05) is 0 Å². The van der Waals surface area contributed by atoms with E-state index in [4.69, 9.17) is 15.2 Å². The summed E-state index contributed by atoms with van der Waals surface area (Å²) >= 11 is 0. The normalized spacial score (nSPS) is 10.8. The third-order valence-electron chi connectivity index (χ3n) is 0.762. The lowest BCUT2D eigenvalue weighted by atomic mass is 10.2. The van der Waals surface area contributed by atoms with E-state index >= 15 is 0 Å². The van der Waals surface area contributed by atoms with Gasteiger partial charge in [-0.3, -0.25) is 5.41 Å². The molecule has 0 spiro atoms. The monoisotopic (exact) mass is 135 g/mol. The number of nitrogens with one attached hydrogen (secondary N) is 1.